The van der Waals surface area contributed by atoms with Crippen molar-refractivity contribution in [2.45, 2.75) is 17.9 Å². The van der Waals surface area contributed by atoms with Gasteiger partial charge in [-0.25, -0.2) is 8.42 Å². The summed E-state index contributed by atoms with van der Waals surface area (Å²) in [6, 6.07) is 15.1. The van der Waals surface area contributed by atoms with Crippen LogP contribution >= 0.6 is 11.6 Å². The van der Waals surface area contributed by atoms with E-state index in [1.807, 2.05) is 43.3 Å². The Hall–Kier alpha value is -1.87. The largest absolute Gasteiger partial charge is 0.243 e. The molecule has 0 radical (unpaired) electrons. The molecule has 6 heteroatoms. The van der Waals surface area contributed by atoms with Gasteiger partial charge in [0.25, 0.3) is 0 Å². The third kappa shape index (κ3) is 3.14. The number of hydrogen-bond acceptors (Lipinski definition) is 3. The molecule has 0 heterocycles. The molecule has 2 aromatic rings. The van der Waals surface area contributed by atoms with Gasteiger partial charge in [0.2, 0.25) is 10.0 Å². The molecule has 0 spiro atoms. The van der Waals surface area contributed by atoms with E-state index < -0.39 is 10.0 Å². The predicted molar refractivity (Wildman–Crippen MR) is 86.0 cm³/mol. The third-order valence-electron chi connectivity index (χ3n) is 3.57. The summed E-state index contributed by atoms with van der Waals surface area (Å²) in [6.07, 6.45) is 0. The fourth-order valence-electron chi connectivity index (χ4n) is 2.06. The summed E-state index contributed by atoms with van der Waals surface area (Å²) >= 11 is 5.93. The molecule has 0 saturated carbocycles. The molecule has 2 aromatic carbocycles. The highest BCUT2D eigenvalue weighted by Gasteiger charge is 2.26. The Balaban J connectivity index is 2.38. The lowest BCUT2D eigenvalue weighted by atomic mass is 10.1. The van der Waals surface area contributed by atoms with Gasteiger partial charge in [-0.15, -0.1) is 0 Å². The van der Waals surface area contributed by atoms with Crippen LogP contribution in [0.2, 0.25) is 5.02 Å². The summed E-state index contributed by atoms with van der Waals surface area (Å²) in [5.74, 6) is 0. The summed E-state index contributed by atoms with van der Waals surface area (Å²) in [7, 11) is -2.17. The molecule has 1 unspecified atom stereocenters. The zero-order valence-electron chi connectivity index (χ0n) is 12.2. The van der Waals surface area contributed by atoms with Crippen molar-refractivity contribution < 1.29 is 8.42 Å². The van der Waals surface area contributed by atoms with Gasteiger partial charge in [0, 0.05) is 13.1 Å². The zero-order valence-corrected chi connectivity index (χ0v) is 13.8. The lowest BCUT2D eigenvalue weighted by molar-refractivity contribution is 0.398. The normalized spacial score (nSPS) is 12.9. The summed E-state index contributed by atoms with van der Waals surface area (Å²) in [5, 5.41) is 8.99. The number of rotatable bonds is 4. The first kappa shape index (κ1) is 16.5. The van der Waals surface area contributed by atoms with Crippen LogP contribution in [-0.4, -0.2) is 19.8 Å². The van der Waals surface area contributed by atoms with Gasteiger partial charge in [-0.05, 0) is 30.7 Å². The Bertz CT molecular complexity index is 814. The molecule has 0 aliphatic rings. The Labute approximate surface area is 135 Å². The maximum atomic E-state index is 12.7. The number of halogens is 1. The molecular formula is C16H15ClN2O2S. The fourth-order valence-corrected chi connectivity index (χ4v) is 3.73. The van der Waals surface area contributed by atoms with E-state index in [9.17, 15) is 8.42 Å². The van der Waals surface area contributed by atoms with Crippen molar-refractivity contribution in [3.05, 3.63) is 64.7 Å². The van der Waals surface area contributed by atoms with Gasteiger partial charge in [0.1, 0.15) is 6.07 Å². The average molecular weight is 335 g/mol. The maximum Gasteiger partial charge on any atom is 0.243 e. The Morgan fingerprint density at radius 1 is 1.18 bits per heavy atom. The second-order valence-corrected chi connectivity index (χ2v) is 7.27. The second-order valence-electron chi connectivity index (χ2n) is 4.86. The molecular weight excluding hydrogens is 320 g/mol. The van der Waals surface area contributed by atoms with Crippen molar-refractivity contribution in [2.75, 3.05) is 7.05 Å². The minimum absolute atomic E-state index is 0.0711. The van der Waals surface area contributed by atoms with Crippen LogP contribution in [0, 0.1) is 11.3 Å². The molecule has 22 heavy (non-hydrogen) atoms. The van der Waals surface area contributed by atoms with E-state index in [4.69, 9.17) is 16.9 Å². The van der Waals surface area contributed by atoms with Crippen molar-refractivity contribution >= 4 is 21.6 Å². The van der Waals surface area contributed by atoms with E-state index in [-0.39, 0.29) is 21.5 Å². The molecule has 0 saturated heterocycles. The van der Waals surface area contributed by atoms with Gasteiger partial charge >= 0.3 is 0 Å². The van der Waals surface area contributed by atoms with Crippen LogP contribution in [0.5, 0.6) is 0 Å². The van der Waals surface area contributed by atoms with Crippen LogP contribution in [0.4, 0.5) is 0 Å². The molecule has 4 nitrogen and oxygen atoms in total. The lowest BCUT2D eigenvalue weighted by Gasteiger charge is -2.24. The summed E-state index contributed by atoms with van der Waals surface area (Å²) in [5.41, 5.74) is 1.15. The first-order valence-electron chi connectivity index (χ1n) is 6.60. The molecule has 0 bridgehead atoms. The van der Waals surface area contributed by atoms with Crippen molar-refractivity contribution in [3.8, 4) is 6.07 Å². The molecule has 0 aliphatic heterocycles. The summed E-state index contributed by atoms with van der Waals surface area (Å²) in [6.45, 7) is 1.82. The van der Waals surface area contributed by atoms with E-state index in [0.29, 0.717) is 0 Å². The van der Waals surface area contributed by atoms with E-state index in [1.165, 1.54) is 29.6 Å². The van der Waals surface area contributed by atoms with Gasteiger partial charge in [-0.3, -0.25) is 0 Å². The van der Waals surface area contributed by atoms with Gasteiger partial charge in [-0.2, -0.15) is 9.57 Å². The Kier molecular flexibility index (Phi) is 4.87. The van der Waals surface area contributed by atoms with E-state index in [1.54, 1.807) is 0 Å². The third-order valence-corrected chi connectivity index (χ3v) is 5.80. The van der Waals surface area contributed by atoms with Crippen molar-refractivity contribution in [1.29, 1.82) is 5.26 Å². The number of nitriles is 1. The highest BCUT2D eigenvalue weighted by molar-refractivity contribution is 7.89. The monoisotopic (exact) mass is 334 g/mol. The molecule has 1 atom stereocenters. The first-order chi connectivity index (χ1) is 10.4. The molecule has 0 aromatic heterocycles. The highest BCUT2D eigenvalue weighted by Crippen LogP contribution is 2.27. The minimum Gasteiger partial charge on any atom is -0.207 e. The molecule has 0 amide bonds. The van der Waals surface area contributed by atoms with Crippen molar-refractivity contribution in [2.24, 2.45) is 0 Å². The number of benzene rings is 2. The fraction of sp³-hybridized carbons (Fsp3) is 0.188. The van der Waals surface area contributed by atoms with Gasteiger partial charge in [0.05, 0.1) is 15.5 Å². The van der Waals surface area contributed by atoms with Crippen LogP contribution < -0.4 is 0 Å². The second kappa shape index (κ2) is 6.49. The summed E-state index contributed by atoms with van der Waals surface area (Å²) < 4.78 is 26.7. The molecule has 2 rings (SSSR count). The minimum atomic E-state index is -3.69. The van der Waals surface area contributed by atoms with Gasteiger partial charge < -0.3 is 0 Å². The van der Waals surface area contributed by atoms with E-state index >= 15 is 0 Å². The maximum absolute atomic E-state index is 12.7. The predicted octanol–water partition coefficient (Wildman–Crippen LogP) is 3.59. The topological polar surface area (TPSA) is 61.2 Å². The first-order valence-corrected chi connectivity index (χ1v) is 8.42. The number of hydrogen-bond donors (Lipinski definition) is 0. The molecule has 0 fully saturated rings. The van der Waals surface area contributed by atoms with Crippen molar-refractivity contribution in [3.63, 3.8) is 0 Å². The highest BCUT2D eigenvalue weighted by atomic mass is 35.5. The van der Waals surface area contributed by atoms with Gasteiger partial charge in [-0.1, -0.05) is 41.9 Å². The van der Waals surface area contributed by atoms with E-state index in [0.717, 1.165) is 5.56 Å². The van der Waals surface area contributed by atoms with Crippen LogP contribution in [0.1, 0.15) is 24.1 Å². The Morgan fingerprint density at radius 2 is 1.82 bits per heavy atom. The number of sulfonamides is 1. The molecule has 0 N–H and O–H groups in total. The van der Waals surface area contributed by atoms with E-state index in [2.05, 4.69) is 0 Å². The SMILES string of the molecule is CC(c1ccccc1)N(C)S(=O)(=O)c1ccc(C#N)c(Cl)c1. The van der Waals surface area contributed by atoms with Crippen molar-refractivity contribution in [1.82, 2.24) is 4.31 Å². The average Bonchev–Trinajstić information content (AvgIpc) is 2.54. The smallest absolute Gasteiger partial charge is 0.207 e. The quantitative estimate of drug-likeness (QED) is 0.858. The lowest BCUT2D eigenvalue weighted by Crippen LogP contribution is -2.29. The Morgan fingerprint density at radius 3 is 2.36 bits per heavy atom. The molecule has 114 valence electrons. The van der Waals surface area contributed by atoms with Crippen LogP contribution in [0.3, 0.4) is 0 Å². The van der Waals surface area contributed by atoms with Gasteiger partial charge in [0.15, 0.2) is 0 Å². The van der Waals surface area contributed by atoms with Crippen LogP contribution in [0.25, 0.3) is 0 Å². The van der Waals surface area contributed by atoms with Crippen LogP contribution in [-0.2, 0) is 10.0 Å². The number of nitrogens with zero attached hydrogens (tertiary/aromatic N) is 2. The standard InChI is InChI=1S/C16H15ClN2O2S/c1-12(13-6-4-3-5-7-13)19(2)22(20,21)15-9-8-14(11-18)16(17)10-15/h3-10,12H,1-2H3. The van der Waals surface area contributed by atoms with Crippen LogP contribution in [0.15, 0.2) is 53.4 Å². The zero-order chi connectivity index (χ0) is 16.3. The summed E-state index contributed by atoms with van der Waals surface area (Å²) in [4.78, 5) is 0.0711. The molecule has 0 aliphatic carbocycles.